The first-order valence-corrected chi connectivity index (χ1v) is 6.01. The van der Waals surface area contributed by atoms with Gasteiger partial charge in [0.15, 0.2) is 0 Å². The van der Waals surface area contributed by atoms with Crippen LogP contribution in [0.4, 0.5) is 0 Å². The van der Waals surface area contributed by atoms with Crippen LogP contribution >= 0.6 is 0 Å². The highest BCUT2D eigenvalue weighted by Gasteiger charge is 2.25. The quantitative estimate of drug-likeness (QED) is 0.765. The minimum atomic E-state index is -0.152. The van der Waals surface area contributed by atoms with Crippen LogP contribution in [0.25, 0.3) is 0 Å². The summed E-state index contributed by atoms with van der Waals surface area (Å²) in [7, 11) is 0. The molecule has 0 radical (unpaired) electrons. The maximum atomic E-state index is 12.0. The molecule has 1 aromatic rings. The number of aromatic amines is 1. The van der Waals surface area contributed by atoms with Crippen molar-refractivity contribution in [2.75, 3.05) is 13.1 Å². The van der Waals surface area contributed by atoms with E-state index in [9.17, 15) is 9.59 Å². The molecule has 0 unspecified atom stereocenters. The summed E-state index contributed by atoms with van der Waals surface area (Å²) in [5.74, 6) is 0.668. The van der Waals surface area contributed by atoms with Gasteiger partial charge in [-0.25, -0.2) is 4.98 Å². The van der Waals surface area contributed by atoms with Crippen molar-refractivity contribution in [1.82, 2.24) is 25.4 Å². The van der Waals surface area contributed by atoms with E-state index in [2.05, 4.69) is 20.5 Å². The van der Waals surface area contributed by atoms with Gasteiger partial charge in [-0.2, -0.15) is 0 Å². The number of aromatic nitrogens is 3. The van der Waals surface area contributed by atoms with Gasteiger partial charge in [0.1, 0.15) is 5.82 Å². The van der Waals surface area contributed by atoms with Crippen molar-refractivity contribution in [2.45, 2.75) is 32.7 Å². The van der Waals surface area contributed by atoms with E-state index in [1.54, 1.807) is 11.8 Å². The molecule has 0 aromatic carbocycles. The van der Waals surface area contributed by atoms with Crippen LogP contribution in [0.15, 0.2) is 0 Å². The van der Waals surface area contributed by atoms with Crippen LogP contribution in [0.5, 0.6) is 0 Å². The zero-order chi connectivity index (χ0) is 13.1. The Morgan fingerprint density at radius 2 is 2.06 bits per heavy atom. The Labute approximate surface area is 105 Å². The molecule has 1 saturated heterocycles. The number of nitrogens with zero attached hydrogens (tertiary/aromatic N) is 3. The molecule has 1 fully saturated rings. The fourth-order valence-electron chi connectivity index (χ4n) is 2.09. The molecule has 0 saturated carbocycles. The lowest BCUT2D eigenvalue weighted by molar-refractivity contribution is -0.119. The molecule has 1 aliphatic rings. The van der Waals surface area contributed by atoms with E-state index in [4.69, 9.17) is 0 Å². The normalized spacial score (nSPS) is 16.7. The lowest BCUT2D eigenvalue weighted by atomic mass is 10.0. The number of rotatable bonds is 2. The van der Waals surface area contributed by atoms with Crippen molar-refractivity contribution in [3.63, 3.8) is 0 Å². The van der Waals surface area contributed by atoms with E-state index in [-0.39, 0.29) is 23.7 Å². The Bertz CT molecular complexity index is 448. The second kappa shape index (κ2) is 5.16. The molecule has 2 amide bonds. The van der Waals surface area contributed by atoms with Crippen LogP contribution in [0.2, 0.25) is 0 Å². The van der Waals surface area contributed by atoms with Gasteiger partial charge >= 0.3 is 0 Å². The summed E-state index contributed by atoms with van der Waals surface area (Å²) < 4.78 is 0. The largest absolute Gasteiger partial charge is 0.353 e. The number of carbonyl (C=O) groups excluding carboxylic acids is 2. The smallest absolute Gasteiger partial charge is 0.293 e. The van der Waals surface area contributed by atoms with Crippen molar-refractivity contribution in [3.05, 3.63) is 11.6 Å². The van der Waals surface area contributed by atoms with E-state index < -0.39 is 0 Å². The van der Waals surface area contributed by atoms with Crippen LogP contribution in [-0.4, -0.2) is 51.0 Å². The SMILES string of the molecule is CC(=O)NC1CCN(C(=O)c2n[nH]c(C)n2)CC1. The third-order valence-electron chi connectivity index (χ3n) is 2.98. The number of aryl methyl sites for hydroxylation is 1. The number of nitrogens with one attached hydrogen (secondary N) is 2. The van der Waals surface area contributed by atoms with Gasteiger partial charge in [-0.1, -0.05) is 0 Å². The average molecular weight is 251 g/mol. The van der Waals surface area contributed by atoms with Gasteiger partial charge < -0.3 is 10.2 Å². The fraction of sp³-hybridized carbons (Fsp3) is 0.636. The van der Waals surface area contributed by atoms with E-state index in [0.29, 0.717) is 18.9 Å². The zero-order valence-corrected chi connectivity index (χ0v) is 10.6. The van der Waals surface area contributed by atoms with Crippen molar-refractivity contribution in [2.24, 2.45) is 0 Å². The third-order valence-corrected chi connectivity index (χ3v) is 2.98. The highest BCUT2D eigenvalue weighted by atomic mass is 16.2. The fourth-order valence-corrected chi connectivity index (χ4v) is 2.09. The van der Waals surface area contributed by atoms with E-state index in [0.717, 1.165) is 12.8 Å². The van der Waals surface area contributed by atoms with Crippen molar-refractivity contribution < 1.29 is 9.59 Å². The number of piperidine rings is 1. The minimum Gasteiger partial charge on any atom is -0.353 e. The zero-order valence-electron chi connectivity index (χ0n) is 10.6. The summed E-state index contributed by atoms with van der Waals surface area (Å²) >= 11 is 0. The Morgan fingerprint density at radius 3 is 2.56 bits per heavy atom. The summed E-state index contributed by atoms with van der Waals surface area (Å²) in [5.41, 5.74) is 0. The highest BCUT2D eigenvalue weighted by Crippen LogP contribution is 2.12. The summed E-state index contributed by atoms with van der Waals surface area (Å²) in [6.07, 6.45) is 1.55. The van der Waals surface area contributed by atoms with Crippen molar-refractivity contribution in [3.8, 4) is 0 Å². The molecular formula is C11H17N5O2. The Balaban J connectivity index is 1.90. The molecule has 0 spiro atoms. The van der Waals surface area contributed by atoms with Gasteiger partial charge in [0, 0.05) is 26.1 Å². The first-order valence-electron chi connectivity index (χ1n) is 6.01. The van der Waals surface area contributed by atoms with E-state index in [1.807, 2.05) is 0 Å². The minimum absolute atomic E-state index is 0.0237. The van der Waals surface area contributed by atoms with Crippen molar-refractivity contribution in [1.29, 1.82) is 0 Å². The van der Waals surface area contributed by atoms with Gasteiger partial charge in [0.25, 0.3) is 5.91 Å². The number of hydrogen-bond acceptors (Lipinski definition) is 4. The summed E-state index contributed by atoms with van der Waals surface area (Å²) in [4.78, 5) is 28.7. The molecule has 18 heavy (non-hydrogen) atoms. The number of carbonyl (C=O) groups is 2. The Morgan fingerprint density at radius 1 is 1.39 bits per heavy atom. The van der Waals surface area contributed by atoms with Crippen LogP contribution < -0.4 is 5.32 Å². The molecule has 1 aromatic heterocycles. The molecular weight excluding hydrogens is 234 g/mol. The first-order chi connectivity index (χ1) is 8.56. The monoisotopic (exact) mass is 251 g/mol. The summed E-state index contributed by atoms with van der Waals surface area (Å²) in [6.45, 7) is 4.51. The average Bonchev–Trinajstić information content (AvgIpc) is 2.75. The molecule has 2 N–H and O–H groups in total. The van der Waals surface area contributed by atoms with Gasteiger partial charge in [-0.05, 0) is 19.8 Å². The molecule has 2 heterocycles. The molecule has 1 aliphatic heterocycles. The molecule has 7 nitrogen and oxygen atoms in total. The van der Waals surface area contributed by atoms with E-state index in [1.165, 1.54) is 6.92 Å². The Kier molecular flexibility index (Phi) is 3.59. The summed E-state index contributed by atoms with van der Waals surface area (Å²) in [5, 5.41) is 9.39. The lowest BCUT2D eigenvalue weighted by Gasteiger charge is -2.31. The van der Waals surface area contributed by atoms with Crippen LogP contribution in [0.3, 0.4) is 0 Å². The molecule has 7 heteroatoms. The van der Waals surface area contributed by atoms with E-state index >= 15 is 0 Å². The van der Waals surface area contributed by atoms with Gasteiger partial charge in [0.2, 0.25) is 11.7 Å². The topological polar surface area (TPSA) is 91.0 Å². The first kappa shape index (κ1) is 12.5. The molecule has 0 aliphatic carbocycles. The number of likely N-dealkylation sites (tertiary alicyclic amines) is 1. The number of amides is 2. The van der Waals surface area contributed by atoms with Crippen molar-refractivity contribution >= 4 is 11.8 Å². The van der Waals surface area contributed by atoms with Crippen LogP contribution in [0.1, 0.15) is 36.2 Å². The lowest BCUT2D eigenvalue weighted by Crippen LogP contribution is -2.46. The maximum Gasteiger partial charge on any atom is 0.293 e. The Hall–Kier alpha value is -1.92. The highest BCUT2D eigenvalue weighted by molar-refractivity contribution is 5.90. The molecule has 0 bridgehead atoms. The molecule has 98 valence electrons. The van der Waals surface area contributed by atoms with Gasteiger partial charge in [-0.15, -0.1) is 5.10 Å². The number of hydrogen-bond donors (Lipinski definition) is 2. The predicted octanol–water partition coefficient (Wildman–Crippen LogP) is -0.146. The van der Waals surface area contributed by atoms with Crippen LogP contribution in [0, 0.1) is 6.92 Å². The molecule has 0 atom stereocenters. The van der Waals surface area contributed by atoms with Gasteiger partial charge in [-0.3, -0.25) is 14.7 Å². The predicted molar refractivity (Wildman–Crippen MR) is 63.9 cm³/mol. The second-order valence-electron chi connectivity index (χ2n) is 4.51. The van der Waals surface area contributed by atoms with Gasteiger partial charge in [0.05, 0.1) is 0 Å². The summed E-state index contributed by atoms with van der Waals surface area (Å²) in [6, 6.07) is 0.167. The van der Waals surface area contributed by atoms with Crippen LogP contribution in [-0.2, 0) is 4.79 Å². The standard InChI is InChI=1S/C11H17N5O2/c1-7-12-10(15-14-7)11(18)16-5-3-9(4-6-16)13-8(2)17/h9H,3-6H2,1-2H3,(H,13,17)(H,12,14,15). The second-order valence-corrected chi connectivity index (χ2v) is 4.51. The molecule has 2 rings (SSSR count). The third kappa shape index (κ3) is 2.85. The number of H-pyrrole nitrogens is 1. The maximum absolute atomic E-state index is 12.0.